The number of terminal acetylenes is 1. The zero-order valence-electron chi connectivity index (χ0n) is 11.7. The second-order valence-corrected chi connectivity index (χ2v) is 5.62. The van der Waals surface area contributed by atoms with Gasteiger partial charge in [0.2, 0.25) is 0 Å². The molecule has 1 aromatic heterocycles. The summed E-state index contributed by atoms with van der Waals surface area (Å²) in [6.07, 6.45) is 5.65. The Kier molecular flexibility index (Phi) is 5.21. The number of primary amides is 1. The van der Waals surface area contributed by atoms with E-state index in [4.69, 9.17) is 12.2 Å². The molecule has 2 aromatic rings. The molecule has 0 aliphatic carbocycles. The summed E-state index contributed by atoms with van der Waals surface area (Å²) in [6, 6.07) is 11.7. The van der Waals surface area contributed by atoms with Crippen molar-refractivity contribution >= 4 is 17.4 Å². The highest BCUT2D eigenvalue weighted by Gasteiger charge is 2.18. The second-order valence-electron chi connectivity index (χ2n) is 4.45. The summed E-state index contributed by atoms with van der Waals surface area (Å²) in [5.74, 6) is 8.49. The molecule has 0 aliphatic heterocycles. The summed E-state index contributed by atoms with van der Waals surface area (Å²) in [4.78, 5) is 12.7. The molecule has 1 aromatic carbocycles. The van der Waals surface area contributed by atoms with Crippen molar-refractivity contribution in [2.24, 2.45) is 5.73 Å². The first-order valence-corrected chi connectivity index (χ1v) is 7.31. The van der Waals surface area contributed by atoms with E-state index in [1.165, 1.54) is 11.3 Å². The Labute approximate surface area is 133 Å². The van der Waals surface area contributed by atoms with Crippen LogP contribution in [0.2, 0.25) is 0 Å². The molecule has 0 saturated carbocycles. The highest BCUT2D eigenvalue weighted by molar-refractivity contribution is 7.12. The topological polar surface area (TPSA) is 66.6 Å². The summed E-state index contributed by atoms with van der Waals surface area (Å²) in [5.41, 5.74) is 5.94. The Balaban J connectivity index is 2.08. The van der Waals surface area contributed by atoms with Crippen LogP contribution in [0.5, 0.6) is 0 Å². The fourth-order valence-corrected chi connectivity index (χ4v) is 2.67. The smallest absolute Gasteiger partial charge is 0.339 e. The standard InChI is InChI=1S/C17H14N2O2S/c1-2-14(19(21)17(18)20)12-16-11-10-15(22-16)9-8-13-6-4-3-5-7-13/h1,3-7,10-11,14,21H,12H2,(H2,18,20). The number of thiophene rings is 1. The van der Waals surface area contributed by atoms with E-state index in [1.807, 2.05) is 42.5 Å². The van der Waals surface area contributed by atoms with E-state index >= 15 is 0 Å². The molecule has 2 amide bonds. The summed E-state index contributed by atoms with van der Waals surface area (Å²) in [5, 5.41) is 9.87. The van der Waals surface area contributed by atoms with Gasteiger partial charge in [0.1, 0.15) is 6.04 Å². The molecule has 4 nitrogen and oxygen atoms in total. The van der Waals surface area contributed by atoms with Crippen LogP contribution in [0, 0.1) is 24.2 Å². The lowest BCUT2D eigenvalue weighted by molar-refractivity contribution is -0.0580. The zero-order chi connectivity index (χ0) is 15.9. The normalized spacial score (nSPS) is 10.9. The lowest BCUT2D eigenvalue weighted by Crippen LogP contribution is -2.41. The van der Waals surface area contributed by atoms with Crippen LogP contribution in [0.15, 0.2) is 42.5 Å². The Bertz CT molecular complexity index is 750. The lowest BCUT2D eigenvalue weighted by atomic mass is 10.2. The second kappa shape index (κ2) is 7.33. The predicted octanol–water partition coefficient (Wildman–Crippen LogP) is 2.46. The molecule has 110 valence electrons. The van der Waals surface area contributed by atoms with Crippen LogP contribution in [0.25, 0.3) is 0 Å². The highest BCUT2D eigenvalue weighted by atomic mass is 32.1. The van der Waals surface area contributed by atoms with Crippen molar-refractivity contribution in [3.8, 4) is 24.2 Å². The number of hydroxylamine groups is 2. The first-order chi connectivity index (χ1) is 10.6. The zero-order valence-corrected chi connectivity index (χ0v) is 12.5. The highest BCUT2D eigenvalue weighted by Crippen LogP contribution is 2.18. The minimum Gasteiger partial charge on any atom is -0.350 e. The first kappa shape index (κ1) is 15.7. The van der Waals surface area contributed by atoms with Crippen LogP contribution < -0.4 is 5.73 Å². The Morgan fingerprint density at radius 2 is 2.00 bits per heavy atom. The van der Waals surface area contributed by atoms with Gasteiger partial charge in [0.05, 0.1) is 4.88 Å². The number of amides is 2. The van der Waals surface area contributed by atoms with Crippen molar-refractivity contribution in [2.75, 3.05) is 0 Å². The average Bonchev–Trinajstić information content (AvgIpc) is 2.98. The third-order valence-electron chi connectivity index (χ3n) is 2.87. The molecule has 0 fully saturated rings. The van der Waals surface area contributed by atoms with Gasteiger partial charge in [-0.05, 0) is 24.3 Å². The number of rotatable bonds is 3. The molecule has 1 heterocycles. The molecular formula is C17H14N2O2S. The van der Waals surface area contributed by atoms with E-state index in [1.54, 1.807) is 0 Å². The Morgan fingerprint density at radius 3 is 2.64 bits per heavy atom. The van der Waals surface area contributed by atoms with Crippen LogP contribution in [0.4, 0.5) is 4.79 Å². The van der Waals surface area contributed by atoms with Gasteiger partial charge in [-0.2, -0.15) is 5.06 Å². The van der Waals surface area contributed by atoms with Gasteiger partial charge in [-0.25, -0.2) is 4.79 Å². The van der Waals surface area contributed by atoms with E-state index in [0.29, 0.717) is 11.5 Å². The third-order valence-corrected chi connectivity index (χ3v) is 3.90. The number of hydrogen-bond donors (Lipinski definition) is 2. The van der Waals surface area contributed by atoms with E-state index in [2.05, 4.69) is 17.8 Å². The van der Waals surface area contributed by atoms with Gasteiger partial charge in [-0.1, -0.05) is 36.0 Å². The van der Waals surface area contributed by atoms with E-state index < -0.39 is 12.1 Å². The van der Waals surface area contributed by atoms with Gasteiger partial charge in [0, 0.05) is 16.9 Å². The molecule has 5 heteroatoms. The Morgan fingerprint density at radius 1 is 1.27 bits per heavy atom. The number of carbonyl (C=O) groups is 1. The molecule has 0 radical (unpaired) electrons. The van der Waals surface area contributed by atoms with Gasteiger partial charge in [-0.3, -0.25) is 5.21 Å². The van der Waals surface area contributed by atoms with Crippen molar-refractivity contribution in [1.29, 1.82) is 0 Å². The number of benzene rings is 1. The number of nitrogens with zero attached hydrogens (tertiary/aromatic N) is 1. The number of nitrogens with two attached hydrogens (primary N) is 1. The number of hydrogen-bond acceptors (Lipinski definition) is 3. The lowest BCUT2D eigenvalue weighted by Gasteiger charge is -2.18. The van der Waals surface area contributed by atoms with E-state index in [9.17, 15) is 10.0 Å². The van der Waals surface area contributed by atoms with Crippen molar-refractivity contribution < 1.29 is 10.0 Å². The molecule has 0 spiro atoms. The van der Waals surface area contributed by atoms with Gasteiger partial charge in [0.15, 0.2) is 0 Å². The van der Waals surface area contributed by atoms with Crippen molar-refractivity contribution in [1.82, 2.24) is 5.06 Å². The quantitative estimate of drug-likeness (QED) is 0.519. The molecule has 1 atom stereocenters. The molecule has 0 bridgehead atoms. The first-order valence-electron chi connectivity index (χ1n) is 6.49. The number of urea groups is 1. The van der Waals surface area contributed by atoms with Crippen LogP contribution in [0.3, 0.4) is 0 Å². The average molecular weight is 310 g/mol. The monoisotopic (exact) mass is 310 g/mol. The molecular weight excluding hydrogens is 296 g/mol. The fourth-order valence-electron chi connectivity index (χ4n) is 1.77. The van der Waals surface area contributed by atoms with Crippen molar-refractivity contribution in [2.45, 2.75) is 12.5 Å². The van der Waals surface area contributed by atoms with E-state index in [-0.39, 0.29) is 0 Å². The van der Waals surface area contributed by atoms with Gasteiger partial charge in [0.25, 0.3) is 0 Å². The SMILES string of the molecule is C#CC(Cc1ccc(C#Cc2ccccc2)s1)N(O)C(N)=O. The maximum Gasteiger partial charge on any atom is 0.339 e. The van der Waals surface area contributed by atoms with Crippen LogP contribution >= 0.6 is 11.3 Å². The van der Waals surface area contributed by atoms with Gasteiger partial charge >= 0.3 is 6.03 Å². The molecule has 2 rings (SSSR count). The van der Waals surface area contributed by atoms with Crippen LogP contribution in [0.1, 0.15) is 15.3 Å². The fraction of sp³-hybridized carbons (Fsp3) is 0.118. The van der Waals surface area contributed by atoms with E-state index in [0.717, 1.165) is 15.3 Å². The molecule has 3 N–H and O–H groups in total. The van der Waals surface area contributed by atoms with Crippen molar-refractivity contribution in [3.05, 3.63) is 57.8 Å². The number of carbonyl (C=O) groups excluding carboxylic acids is 1. The summed E-state index contributed by atoms with van der Waals surface area (Å²) >= 11 is 1.47. The Hall–Kier alpha value is -2.73. The molecule has 1 unspecified atom stereocenters. The van der Waals surface area contributed by atoms with Crippen LogP contribution in [-0.4, -0.2) is 22.3 Å². The maximum absolute atomic E-state index is 10.9. The third kappa shape index (κ3) is 4.13. The van der Waals surface area contributed by atoms with Crippen molar-refractivity contribution in [3.63, 3.8) is 0 Å². The minimum absolute atomic E-state index is 0.327. The largest absolute Gasteiger partial charge is 0.350 e. The molecule has 0 saturated heterocycles. The molecule has 22 heavy (non-hydrogen) atoms. The minimum atomic E-state index is -0.969. The summed E-state index contributed by atoms with van der Waals surface area (Å²) in [6.45, 7) is 0. The van der Waals surface area contributed by atoms with Gasteiger partial charge in [-0.15, -0.1) is 17.8 Å². The predicted molar refractivity (Wildman–Crippen MR) is 86.3 cm³/mol. The van der Waals surface area contributed by atoms with Gasteiger partial charge < -0.3 is 5.73 Å². The summed E-state index contributed by atoms with van der Waals surface area (Å²) in [7, 11) is 0. The molecule has 0 aliphatic rings. The summed E-state index contributed by atoms with van der Waals surface area (Å²) < 4.78 is 0. The van der Waals surface area contributed by atoms with Crippen LogP contribution in [-0.2, 0) is 6.42 Å². The maximum atomic E-state index is 10.9.